The second kappa shape index (κ2) is 58.4. The number of hydrogen-bond donors (Lipinski definition) is 0. The highest BCUT2D eigenvalue weighted by Gasteiger charge is 2.19. The van der Waals surface area contributed by atoms with Crippen LogP contribution in [-0.4, -0.2) is 37.2 Å². The monoisotopic (exact) mass is 977 g/mol. The Bertz CT molecular complexity index is 1310. The molecule has 1 unspecified atom stereocenters. The fourth-order valence-electron chi connectivity index (χ4n) is 8.42. The molecular formula is C64H112O6. The summed E-state index contributed by atoms with van der Waals surface area (Å²) in [6.07, 6.45) is 74.8. The number of hydrogen-bond acceptors (Lipinski definition) is 6. The lowest BCUT2D eigenvalue weighted by Crippen LogP contribution is -2.30. The van der Waals surface area contributed by atoms with E-state index in [0.29, 0.717) is 19.3 Å². The predicted molar refractivity (Wildman–Crippen MR) is 302 cm³/mol. The zero-order chi connectivity index (χ0) is 50.7. The van der Waals surface area contributed by atoms with Gasteiger partial charge >= 0.3 is 17.9 Å². The topological polar surface area (TPSA) is 78.9 Å². The molecule has 0 aromatic carbocycles. The maximum atomic E-state index is 12.8. The van der Waals surface area contributed by atoms with Gasteiger partial charge in [-0.25, -0.2) is 0 Å². The molecule has 0 aromatic heterocycles. The third kappa shape index (κ3) is 55.8. The van der Waals surface area contributed by atoms with E-state index in [-0.39, 0.29) is 44.0 Å². The fraction of sp³-hybridized carbons (Fsp3) is 0.766. The summed E-state index contributed by atoms with van der Waals surface area (Å²) in [4.78, 5) is 38.2. The van der Waals surface area contributed by atoms with Crippen LogP contribution in [0, 0.1) is 0 Å². The highest BCUT2D eigenvalue weighted by Crippen LogP contribution is 2.16. The number of allylic oxidation sites excluding steroid dienone is 12. The van der Waals surface area contributed by atoms with E-state index in [1.165, 1.54) is 186 Å². The quantitative estimate of drug-likeness (QED) is 0.0261. The van der Waals surface area contributed by atoms with Crippen molar-refractivity contribution in [2.24, 2.45) is 0 Å². The summed E-state index contributed by atoms with van der Waals surface area (Å²) in [5, 5.41) is 0. The lowest BCUT2D eigenvalue weighted by atomic mass is 10.0. The number of esters is 3. The van der Waals surface area contributed by atoms with Gasteiger partial charge in [-0.05, 0) is 83.5 Å². The molecule has 1 atom stereocenters. The van der Waals surface area contributed by atoms with Gasteiger partial charge in [0.2, 0.25) is 0 Å². The van der Waals surface area contributed by atoms with Gasteiger partial charge in [-0.15, -0.1) is 0 Å². The van der Waals surface area contributed by atoms with Crippen LogP contribution >= 0.6 is 0 Å². The summed E-state index contributed by atoms with van der Waals surface area (Å²) < 4.78 is 16.8. The zero-order valence-corrected chi connectivity index (χ0v) is 46.3. The minimum atomic E-state index is -0.821. The van der Waals surface area contributed by atoms with E-state index in [9.17, 15) is 14.4 Å². The van der Waals surface area contributed by atoms with Crippen molar-refractivity contribution in [3.8, 4) is 0 Å². The van der Waals surface area contributed by atoms with Gasteiger partial charge in [0.05, 0.1) is 0 Å². The van der Waals surface area contributed by atoms with Crippen LogP contribution in [0.5, 0.6) is 0 Å². The lowest BCUT2D eigenvalue weighted by molar-refractivity contribution is -0.167. The van der Waals surface area contributed by atoms with Gasteiger partial charge < -0.3 is 14.2 Å². The SMILES string of the molecule is CCCCCCCC/C=C\C/C=C\C/C=C\CCCC(=O)OCC(COC(=O)CCCCCCCCCCCCCCCCCCCC)OC(=O)CCC/C=C\C/C=C\C/C=C\CCCCCCCC. The van der Waals surface area contributed by atoms with Crippen LogP contribution in [0.25, 0.3) is 0 Å². The minimum absolute atomic E-state index is 0.109. The summed E-state index contributed by atoms with van der Waals surface area (Å²) in [7, 11) is 0. The van der Waals surface area contributed by atoms with Gasteiger partial charge in [-0.1, -0.05) is 267 Å². The Balaban J connectivity index is 4.49. The third-order valence-electron chi connectivity index (χ3n) is 12.9. The van der Waals surface area contributed by atoms with Gasteiger partial charge in [-0.3, -0.25) is 14.4 Å². The Labute approximate surface area is 433 Å². The molecule has 6 nitrogen and oxygen atoms in total. The molecule has 0 saturated heterocycles. The van der Waals surface area contributed by atoms with Gasteiger partial charge in [-0.2, -0.15) is 0 Å². The highest BCUT2D eigenvalue weighted by molar-refractivity contribution is 5.71. The van der Waals surface area contributed by atoms with Crippen molar-refractivity contribution in [1.82, 2.24) is 0 Å². The van der Waals surface area contributed by atoms with Crippen molar-refractivity contribution in [2.75, 3.05) is 13.2 Å². The molecule has 0 aliphatic heterocycles. The molecule has 0 radical (unpaired) electrons. The van der Waals surface area contributed by atoms with Crippen molar-refractivity contribution in [2.45, 2.75) is 303 Å². The number of ether oxygens (including phenoxy) is 3. The molecule has 0 rings (SSSR count). The average Bonchev–Trinajstić information content (AvgIpc) is 3.36. The molecule has 0 N–H and O–H groups in total. The van der Waals surface area contributed by atoms with Gasteiger partial charge in [0.25, 0.3) is 0 Å². The molecule has 6 heteroatoms. The van der Waals surface area contributed by atoms with Crippen LogP contribution in [-0.2, 0) is 28.6 Å². The van der Waals surface area contributed by atoms with Crippen molar-refractivity contribution in [1.29, 1.82) is 0 Å². The normalized spacial score (nSPS) is 12.6. The van der Waals surface area contributed by atoms with Crippen LogP contribution in [0.3, 0.4) is 0 Å². The van der Waals surface area contributed by atoms with Crippen LogP contribution in [0.4, 0.5) is 0 Å². The first-order valence-corrected chi connectivity index (χ1v) is 29.9. The Morgan fingerprint density at radius 3 is 0.857 bits per heavy atom. The van der Waals surface area contributed by atoms with Gasteiger partial charge in [0.1, 0.15) is 13.2 Å². The molecule has 0 saturated carbocycles. The van der Waals surface area contributed by atoms with Gasteiger partial charge in [0, 0.05) is 19.3 Å². The highest BCUT2D eigenvalue weighted by atomic mass is 16.6. The van der Waals surface area contributed by atoms with Gasteiger partial charge in [0.15, 0.2) is 6.10 Å². The van der Waals surface area contributed by atoms with E-state index in [1.54, 1.807) is 0 Å². The number of carbonyl (C=O) groups excluding carboxylic acids is 3. The first kappa shape index (κ1) is 66.9. The maximum Gasteiger partial charge on any atom is 0.306 e. The molecule has 0 amide bonds. The maximum absolute atomic E-state index is 12.8. The summed E-state index contributed by atoms with van der Waals surface area (Å²) in [5.41, 5.74) is 0. The first-order chi connectivity index (χ1) is 34.5. The van der Waals surface area contributed by atoms with E-state index in [2.05, 4.69) is 93.7 Å². The molecule has 0 bridgehead atoms. The predicted octanol–water partition coefficient (Wildman–Crippen LogP) is 20.2. The summed E-state index contributed by atoms with van der Waals surface area (Å²) >= 11 is 0. The van der Waals surface area contributed by atoms with Crippen molar-refractivity contribution in [3.63, 3.8) is 0 Å². The average molecular weight is 978 g/mol. The standard InChI is InChI=1S/C64H112O6/c1-4-7-10-13-16-19-22-25-28-31-34-36-39-42-45-48-51-54-57-63(66)69-60-61(70-64(67)58-55-52-49-46-43-40-37-33-30-27-24-21-18-15-12-9-6-3)59-68-62(65)56-53-50-47-44-41-38-35-32-29-26-23-20-17-14-11-8-5-2/h26-27,29-30,35,37-38,40,44,46-47,49,61H,4-25,28,31-34,36,39,41-43,45,48,50-60H2,1-3H3/b29-26-,30-27-,38-35-,40-37-,47-44-,49-46-. The second-order valence-corrected chi connectivity index (χ2v) is 19.9. The molecule has 0 fully saturated rings. The fourth-order valence-corrected chi connectivity index (χ4v) is 8.42. The lowest BCUT2D eigenvalue weighted by Gasteiger charge is -2.18. The second-order valence-electron chi connectivity index (χ2n) is 19.9. The third-order valence-corrected chi connectivity index (χ3v) is 12.9. The van der Waals surface area contributed by atoms with E-state index in [0.717, 1.165) is 57.8 Å². The van der Waals surface area contributed by atoms with Crippen LogP contribution in [0.1, 0.15) is 297 Å². The Morgan fingerprint density at radius 2 is 0.529 bits per heavy atom. The van der Waals surface area contributed by atoms with E-state index in [1.807, 2.05) is 0 Å². The molecular weight excluding hydrogens is 865 g/mol. The Morgan fingerprint density at radius 1 is 0.286 bits per heavy atom. The molecule has 0 aliphatic carbocycles. The van der Waals surface area contributed by atoms with E-state index in [4.69, 9.17) is 14.2 Å². The van der Waals surface area contributed by atoms with Crippen molar-refractivity contribution >= 4 is 17.9 Å². The molecule has 404 valence electrons. The van der Waals surface area contributed by atoms with Crippen LogP contribution < -0.4 is 0 Å². The Kier molecular flexibility index (Phi) is 55.8. The summed E-state index contributed by atoms with van der Waals surface area (Å²) in [5.74, 6) is -1.01. The zero-order valence-electron chi connectivity index (χ0n) is 46.3. The smallest absolute Gasteiger partial charge is 0.306 e. The molecule has 0 aliphatic rings. The molecule has 70 heavy (non-hydrogen) atoms. The van der Waals surface area contributed by atoms with Crippen LogP contribution in [0.2, 0.25) is 0 Å². The first-order valence-electron chi connectivity index (χ1n) is 29.9. The van der Waals surface area contributed by atoms with Crippen molar-refractivity contribution in [3.05, 3.63) is 72.9 Å². The molecule has 0 aromatic rings. The van der Waals surface area contributed by atoms with Crippen molar-refractivity contribution < 1.29 is 28.6 Å². The molecule has 0 spiro atoms. The Hall–Kier alpha value is -3.15. The van der Waals surface area contributed by atoms with Crippen LogP contribution in [0.15, 0.2) is 72.9 Å². The van der Waals surface area contributed by atoms with E-state index >= 15 is 0 Å². The largest absolute Gasteiger partial charge is 0.462 e. The molecule has 0 heterocycles. The number of carbonyl (C=O) groups is 3. The van der Waals surface area contributed by atoms with E-state index < -0.39 is 6.10 Å². The number of rotatable bonds is 54. The summed E-state index contributed by atoms with van der Waals surface area (Å²) in [6, 6.07) is 0. The number of unbranched alkanes of at least 4 members (excludes halogenated alkanes) is 31. The minimum Gasteiger partial charge on any atom is -0.462 e. The summed E-state index contributed by atoms with van der Waals surface area (Å²) in [6.45, 7) is 6.57.